The molecule has 0 saturated carbocycles. The molecule has 136 valence electrons. The molecule has 0 radical (unpaired) electrons. The summed E-state index contributed by atoms with van der Waals surface area (Å²) in [5.41, 5.74) is 0.855. The van der Waals surface area contributed by atoms with Crippen molar-refractivity contribution in [3.8, 4) is 23.6 Å². The van der Waals surface area contributed by atoms with Crippen LogP contribution in [0.25, 0.3) is 6.08 Å². The van der Waals surface area contributed by atoms with Crippen LogP contribution in [0.3, 0.4) is 0 Å². The number of nitriles is 2. The molecule has 0 bridgehead atoms. The molecule has 1 amide bonds. The second kappa shape index (κ2) is 9.23. The van der Waals surface area contributed by atoms with Crippen LogP contribution in [0.1, 0.15) is 5.56 Å². The summed E-state index contributed by atoms with van der Waals surface area (Å²) in [7, 11) is 1.42. The van der Waals surface area contributed by atoms with Gasteiger partial charge in [0.2, 0.25) is 0 Å². The van der Waals surface area contributed by atoms with Crippen molar-refractivity contribution in [2.45, 2.75) is 0 Å². The van der Waals surface area contributed by atoms with Crippen LogP contribution in [-0.2, 0) is 4.79 Å². The zero-order chi connectivity index (χ0) is 19.8. The maximum absolute atomic E-state index is 13.1. The summed E-state index contributed by atoms with van der Waals surface area (Å²) in [6, 6.07) is 12.1. The Labute approximate surface area is 160 Å². The molecule has 0 fully saturated rings. The number of nitrogens with one attached hydrogen (secondary N) is 1. The molecule has 2 rings (SSSR count). The maximum atomic E-state index is 13.1. The molecule has 8 heteroatoms. The molecule has 0 aliphatic carbocycles. The van der Waals surface area contributed by atoms with E-state index in [1.807, 2.05) is 0 Å². The lowest BCUT2D eigenvalue weighted by atomic mass is 10.1. The minimum Gasteiger partial charge on any atom is -0.493 e. The third-order valence-corrected chi connectivity index (χ3v) is 3.59. The number of hydrogen-bond acceptors (Lipinski definition) is 5. The van der Waals surface area contributed by atoms with Crippen LogP contribution in [0.15, 0.2) is 42.0 Å². The molecule has 0 unspecified atom stereocenters. The molecule has 6 nitrogen and oxygen atoms in total. The van der Waals surface area contributed by atoms with Gasteiger partial charge in [-0.05, 0) is 42.0 Å². The molecule has 0 heterocycles. The number of benzene rings is 2. The van der Waals surface area contributed by atoms with Crippen LogP contribution in [0, 0.1) is 28.5 Å². The van der Waals surface area contributed by atoms with Crippen molar-refractivity contribution < 1.29 is 18.7 Å². The Morgan fingerprint density at radius 2 is 1.96 bits per heavy atom. The summed E-state index contributed by atoms with van der Waals surface area (Å²) in [4.78, 5) is 12.0. The van der Waals surface area contributed by atoms with E-state index < -0.39 is 11.7 Å². The Morgan fingerprint density at radius 1 is 1.22 bits per heavy atom. The fraction of sp³-hybridized carbons (Fsp3) is 0.105. The third-order valence-electron chi connectivity index (χ3n) is 3.30. The van der Waals surface area contributed by atoms with Gasteiger partial charge in [0, 0.05) is 5.69 Å². The first kappa shape index (κ1) is 19.8. The number of halogens is 2. The van der Waals surface area contributed by atoms with Crippen molar-refractivity contribution in [1.29, 1.82) is 10.5 Å². The molecule has 27 heavy (non-hydrogen) atoms. The molecule has 2 aromatic rings. The van der Waals surface area contributed by atoms with Crippen LogP contribution in [0.5, 0.6) is 11.5 Å². The van der Waals surface area contributed by atoms with Crippen LogP contribution >= 0.6 is 11.6 Å². The van der Waals surface area contributed by atoms with Gasteiger partial charge >= 0.3 is 0 Å². The van der Waals surface area contributed by atoms with Gasteiger partial charge in [-0.1, -0.05) is 17.7 Å². The van der Waals surface area contributed by atoms with E-state index in [9.17, 15) is 9.18 Å². The summed E-state index contributed by atoms with van der Waals surface area (Å²) in [6.07, 6.45) is 1.40. The number of ether oxygens (including phenoxy) is 2. The Balaban J connectivity index is 2.05. The van der Waals surface area contributed by atoms with Gasteiger partial charge in [-0.3, -0.25) is 4.79 Å². The molecule has 2 aromatic carbocycles. The number of hydrogen-bond donors (Lipinski definition) is 1. The number of carbonyl (C=O) groups excluding carboxylic acids is 1. The van der Waals surface area contributed by atoms with E-state index in [0.717, 1.165) is 6.07 Å². The number of carbonyl (C=O) groups is 1. The molecular formula is C19H13ClFN3O3. The van der Waals surface area contributed by atoms with E-state index in [1.54, 1.807) is 30.3 Å². The van der Waals surface area contributed by atoms with E-state index in [1.165, 1.54) is 25.3 Å². The normalized spacial score (nSPS) is 9.52. The quantitative estimate of drug-likeness (QED) is 0.760. The first-order chi connectivity index (χ1) is 13.0. The Bertz CT molecular complexity index is 961. The van der Waals surface area contributed by atoms with Crippen LogP contribution in [-0.4, -0.2) is 19.6 Å². The summed E-state index contributed by atoms with van der Waals surface area (Å²) in [6.45, 7) is -0.317. The average molecular weight is 386 g/mol. The Morgan fingerprint density at radius 3 is 2.59 bits per heavy atom. The van der Waals surface area contributed by atoms with Crippen LogP contribution < -0.4 is 14.8 Å². The van der Waals surface area contributed by atoms with Crippen LogP contribution in [0.2, 0.25) is 5.02 Å². The maximum Gasteiger partial charge on any atom is 0.262 e. The highest BCUT2D eigenvalue weighted by atomic mass is 35.5. The molecule has 0 spiro atoms. The lowest BCUT2D eigenvalue weighted by molar-refractivity contribution is -0.118. The lowest BCUT2D eigenvalue weighted by Crippen LogP contribution is -2.20. The van der Waals surface area contributed by atoms with E-state index in [2.05, 4.69) is 5.32 Å². The predicted molar refractivity (Wildman–Crippen MR) is 97.7 cm³/mol. The van der Waals surface area contributed by atoms with Gasteiger partial charge in [0.25, 0.3) is 5.91 Å². The monoisotopic (exact) mass is 385 g/mol. The zero-order valence-corrected chi connectivity index (χ0v) is 14.9. The van der Waals surface area contributed by atoms with Crippen molar-refractivity contribution in [2.75, 3.05) is 19.0 Å². The van der Waals surface area contributed by atoms with Crippen molar-refractivity contribution in [2.24, 2.45) is 0 Å². The summed E-state index contributed by atoms with van der Waals surface area (Å²) < 4.78 is 23.8. The molecule has 0 aliphatic heterocycles. The smallest absolute Gasteiger partial charge is 0.262 e. The van der Waals surface area contributed by atoms with Crippen molar-refractivity contribution in [1.82, 2.24) is 0 Å². The molecule has 0 aromatic heterocycles. The lowest BCUT2D eigenvalue weighted by Gasteiger charge is -2.12. The number of anilines is 1. The number of amides is 1. The van der Waals surface area contributed by atoms with E-state index in [4.69, 9.17) is 31.6 Å². The molecular weight excluding hydrogens is 373 g/mol. The number of methoxy groups -OCH3 is 1. The van der Waals surface area contributed by atoms with Gasteiger partial charge in [0.15, 0.2) is 18.1 Å². The first-order valence-electron chi connectivity index (χ1n) is 7.54. The number of nitrogens with zero attached hydrogens (tertiary/aromatic N) is 2. The van der Waals surface area contributed by atoms with Gasteiger partial charge in [0.05, 0.1) is 12.1 Å². The summed E-state index contributed by atoms with van der Waals surface area (Å²) in [5, 5.41) is 20.0. The van der Waals surface area contributed by atoms with Gasteiger partial charge in [-0.2, -0.15) is 10.5 Å². The first-order valence-corrected chi connectivity index (χ1v) is 7.92. The zero-order valence-electron chi connectivity index (χ0n) is 14.1. The number of allylic oxidation sites excluding steroid dienone is 1. The van der Waals surface area contributed by atoms with Gasteiger partial charge in [0.1, 0.15) is 23.5 Å². The van der Waals surface area contributed by atoms with E-state index in [-0.39, 0.29) is 17.2 Å². The topological polar surface area (TPSA) is 95.1 Å². The van der Waals surface area contributed by atoms with Crippen molar-refractivity contribution in [3.05, 3.63) is 58.4 Å². The average Bonchev–Trinajstić information content (AvgIpc) is 2.67. The summed E-state index contributed by atoms with van der Waals surface area (Å²) >= 11 is 5.66. The molecule has 0 saturated heterocycles. The van der Waals surface area contributed by atoms with Crippen LogP contribution in [0.4, 0.5) is 10.1 Å². The largest absolute Gasteiger partial charge is 0.493 e. The van der Waals surface area contributed by atoms with Gasteiger partial charge in [-0.25, -0.2) is 4.39 Å². The Kier molecular flexibility index (Phi) is 6.76. The molecule has 0 atom stereocenters. The molecule has 1 N–H and O–H groups in total. The predicted octanol–water partition coefficient (Wildman–Crippen LogP) is 3.94. The van der Waals surface area contributed by atoms with E-state index in [0.29, 0.717) is 22.7 Å². The fourth-order valence-electron chi connectivity index (χ4n) is 2.06. The van der Waals surface area contributed by atoms with Crippen molar-refractivity contribution >= 4 is 29.3 Å². The minimum absolute atomic E-state index is 0.0527. The van der Waals surface area contributed by atoms with Crippen molar-refractivity contribution in [3.63, 3.8) is 0 Å². The Hall–Kier alpha value is -3.55. The fourth-order valence-corrected chi connectivity index (χ4v) is 2.24. The minimum atomic E-state index is -0.583. The highest BCUT2D eigenvalue weighted by Crippen LogP contribution is 2.29. The van der Waals surface area contributed by atoms with Gasteiger partial charge < -0.3 is 14.8 Å². The van der Waals surface area contributed by atoms with Gasteiger partial charge in [-0.15, -0.1) is 0 Å². The second-order valence-electron chi connectivity index (χ2n) is 5.16. The van der Waals surface area contributed by atoms with E-state index >= 15 is 0 Å². The molecule has 0 aliphatic rings. The SMILES string of the molecule is COc1cc(C=C(C#N)C#N)ccc1OCC(=O)Nc1ccc(F)c(Cl)c1. The summed E-state index contributed by atoms with van der Waals surface area (Å²) in [5.74, 6) is -0.422. The highest BCUT2D eigenvalue weighted by Gasteiger charge is 2.10. The standard InChI is InChI=1S/C19H13ClFN3O3/c1-26-18-7-12(6-13(9-22)10-23)2-5-17(18)27-11-19(25)24-14-3-4-16(21)15(20)8-14/h2-8H,11H2,1H3,(H,24,25). The third kappa shape index (κ3) is 5.46. The highest BCUT2D eigenvalue weighted by molar-refractivity contribution is 6.31. The number of rotatable bonds is 6. The second-order valence-corrected chi connectivity index (χ2v) is 5.56.